The molecule has 0 aromatic heterocycles. The molecule has 0 aliphatic heterocycles. The van der Waals surface area contributed by atoms with Crippen LogP contribution in [0.4, 0.5) is 0 Å². The van der Waals surface area contributed by atoms with Crippen molar-refractivity contribution in [2.75, 3.05) is 13.1 Å². The van der Waals surface area contributed by atoms with Gasteiger partial charge in [0.05, 0.1) is 10.6 Å². The lowest BCUT2D eigenvalue weighted by Gasteiger charge is -2.25. The third-order valence-electron chi connectivity index (χ3n) is 2.61. The maximum Gasteiger partial charge on any atom is 0.254 e. The molecule has 19 heavy (non-hydrogen) atoms. The van der Waals surface area contributed by atoms with Crippen molar-refractivity contribution in [1.29, 1.82) is 0 Å². The molecule has 0 radical (unpaired) electrons. The fraction of sp³-hybridized carbons (Fsp3) is 0.429. The molecule has 1 amide bonds. The SMILES string of the molecule is CC(C)CN(CCC(N)=S)C(=O)c1ccccc1I. The minimum atomic E-state index is 0.0509. The average molecular weight is 390 g/mol. The summed E-state index contributed by atoms with van der Waals surface area (Å²) in [5.41, 5.74) is 6.27. The Kier molecular flexibility index (Phi) is 6.71. The molecule has 1 rings (SSSR count). The van der Waals surface area contributed by atoms with E-state index in [0.717, 1.165) is 9.13 Å². The first-order valence-electron chi connectivity index (χ1n) is 6.24. The van der Waals surface area contributed by atoms with Crippen molar-refractivity contribution in [3.63, 3.8) is 0 Å². The zero-order chi connectivity index (χ0) is 14.4. The second kappa shape index (κ2) is 7.79. The third kappa shape index (κ3) is 5.44. The number of hydrogen-bond donors (Lipinski definition) is 1. The molecule has 1 aromatic rings. The molecule has 0 aliphatic rings. The van der Waals surface area contributed by atoms with Gasteiger partial charge in [-0.2, -0.15) is 0 Å². The first kappa shape index (κ1) is 16.4. The van der Waals surface area contributed by atoms with Gasteiger partial charge in [-0.1, -0.05) is 38.2 Å². The summed E-state index contributed by atoms with van der Waals surface area (Å²) in [6.07, 6.45) is 0.567. The summed E-state index contributed by atoms with van der Waals surface area (Å²) in [7, 11) is 0. The average Bonchev–Trinajstić information content (AvgIpc) is 2.33. The Hall–Kier alpha value is -0.690. The Morgan fingerprint density at radius 1 is 1.42 bits per heavy atom. The zero-order valence-corrected chi connectivity index (χ0v) is 14.2. The summed E-state index contributed by atoms with van der Waals surface area (Å²) in [6, 6.07) is 7.62. The Morgan fingerprint density at radius 3 is 2.58 bits per heavy atom. The van der Waals surface area contributed by atoms with Gasteiger partial charge in [-0.05, 0) is 40.6 Å². The minimum Gasteiger partial charge on any atom is -0.393 e. The molecular formula is C14H19IN2OS. The Labute approximate surface area is 133 Å². The number of nitrogens with zero attached hydrogens (tertiary/aromatic N) is 1. The van der Waals surface area contributed by atoms with Gasteiger partial charge in [0.2, 0.25) is 0 Å². The number of nitrogens with two attached hydrogens (primary N) is 1. The maximum absolute atomic E-state index is 12.6. The summed E-state index contributed by atoms with van der Waals surface area (Å²) in [5, 5.41) is 0. The molecule has 5 heteroatoms. The summed E-state index contributed by atoms with van der Waals surface area (Å²) < 4.78 is 0.967. The first-order valence-corrected chi connectivity index (χ1v) is 7.72. The van der Waals surface area contributed by atoms with Gasteiger partial charge in [-0.15, -0.1) is 0 Å². The largest absolute Gasteiger partial charge is 0.393 e. The van der Waals surface area contributed by atoms with E-state index in [9.17, 15) is 4.79 Å². The van der Waals surface area contributed by atoms with Crippen LogP contribution in [0, 0.1) is 9.49 Å². The molecule has 2 N–H and O–H groups in total. The first-order chi connectivity index (χ1) is 8.91. The van der Waals surface area contributed by atoms with Gasteiger partial charge in [0.25, 0.3) is 5.91 Å². The number of benzene rings is 1. The van der Waals surface area contributed by atoms with E-state index in [-0.39, 0.29) is 5.91 Å². The molecule has 0 saturated carbocycles. The number of rotatable bonds is 6. The molecule has 0 aliphatic carbocycles. The van der Waals surface area contributed by atoms with Crippen molar-refractivity contribution < 1.29 is 4.79 Å². The lowest BCUT2D eigenvalue weighted by Crippen LogP contribution is -2.36. The molecule has 0 fully saturated rings. The topological polar surface area (TPSA) is 46.3 Å². The van der Waals surface area contributed by atoms with Crippen molar-refractivity contribution in [2.45, 2.75) is 20.3 Å². The van der Waals surface area contributed by atoms with E-state index in [4.69, 9.17) is 18.0 Å². The van der Waals surface area contributed by atoms with E-state index < -0.39 is 0 Å². The van der Waals surface area contributed by atoms with Gasteiger partial charge in [0, 0.05) is 23.1 Å². The van der Waals surface area contributed by atoms with Crippen LogP contribution in [0.1, 0.15) is 30.6 Å². The molecule has 104 valence electrons. The van der Waals surface area contributed by atoms with E-state index in [1.54, 1.807) is 0 Å². The van der Waals surface area contributed by atoms with E-state index in [2.05, 4.69) is 36.4 Å². The van der Waals surface area contributed by atoms with Gasteiger partial charge in [0.1, 0.15) is 0 Å². The molecule has 0 heterocycles. The molecule has 0 spiro atoms. The second-order valence-corrected chi connectivity index (χ2v) is 6.53. The highest BCUT2D eigenvalue weighted by Gasteiger charge is 2.18. The molecule has 0 unspecified atom stereocenters. The highest BCUT2D eigenvalue weighted by atomic mass is 127. The number of amides is 1. The van der Waals surface area contributed by atoms with Gasteiger partial charge in [-0.25, -0.2) is 0 Å². The molecule has 0 bridgehead atoms. The van der Waals surface area contributed by atoms with Crippen molar-refractivity contribution in [1.82, 2.24) is 4.90 Å². The van der Waals surface area contributed by atoms with Crippen LogP contribution in [0.25, 0.3) is 0 Å². The van der Waals surface area contributed by atoms with Crippen LogP contribution in [-0.2, 0) is 0 Å². The van der Waals surface area contributed by atoms with Crippen molar-refractivity contribution in [3.05, 3.63) is 33.4 Å². The molecule has 3 nitrogen and oxygen atoms in total. The van der Waals surface area contributed by atoms with E-state index in [1.807, 2.05) is 29.2 Å². The predicted octanol–water partition coefficient (Wildman–Crippen LogP) is 3.07. The van der Waals surface area contributed by atoms with E-state index in [0.29, 0.717) is 30.4 Å². The summed E-state index contributed by atoms with van der Waals surface area (Å²) in [4.78, 5) is 14.8. The lowest BCUT2D eigenvalue weighted by atomic mass is 10.1. The van der Waals surface area contributed by atoms with Crippen molar-refractivity contribution in [2.24, 2.45) is 11.7 Å². The van der Waals surface area contributed by atoms with Gasteiger partial charge >= 0.3 is 0 Å². The van der Waals surface area contributed by atoms with Gasteiger partial charge in [-0.3, -0.25) is 4.79 Å². The molecular weight excluding hydrogens is 371 g/mol. The minimum absolute atomic E-state index is 0.0509. The van der Waals surface area contributed by atoms with Crippen LogP contribution < -0.4 is 5.73 Å². The van der Waals surface area contributed by atoms with Gasteiger partial charge < -0.3 is 10.6 Å². The number of carbonyl (C=O) groups is 1. The quantitative estimate of drug-likeness (QED) is 0.600. The molecule has 0 atom stereocenters. The highest BCUT2D eigenvalue weighted by molar-refractivity contribution is 14.1. The number of halogens is 1. The van der Waals surface area contributed by atoms with Crippen LogP contribution in [-0.4, -0.2) is 28.9 Å². The van der Waals surface area contributed by atoms with Gasteiger partial charge in [0.15, 0.2) is 0 Å². The Balaban J connectivity index is 2.87. The fourth-order valence-electron chi connectivity index (χ4n) is 1.77. The van der Waals surface area contributed by atoms with Crippen LogP contribution in [0.3, 0.4) is 0 Å². The normalized spacial score (nSPS) is 10.5. The maximum atomic E-state index is 12.6. The van der Waals surface area contributed by atoms with Crippen LogP contribution in [0.5, 0.6) is 0 Å². The summed E-state index contributed by atoms with van der Waals surface area (Å²) in [5.74, 6) is 0.464. The smallest absolute Gasteiger partial charge is 0.254 e. The highest BCUT2D eigenvalue weighted by Crippen LogP contribution is 2.15. The monoisotopic (exact) mass is 390 g/mol. The van der Waals surface area contributed by atoms with E-state index >= 15 is 0 Å². The standard InChI is InChI=1S/C14H19IN2OS/c1-10(2)9-17(8-7-13(16)19)14(18)11-5-3-4-6-12(11)15/h3-6,10H,7-9H2,1-2H3,(H2,16,19). The van der Waals surface area contributed by atoms with Crippen molar-refractivity contribution in [3.8, 4) is 0 Å². The molecule has 0 saturated heterocycles. The lowest BCUT2D eigenvalue weighted by molar-refractivity contribution is 0.0740. The predicted molar refractivity (Wildman–Crippen MR) is 91.3 cm³/mol. The summed E-state index contributed by atoms with van der Waals surface area (Å²) in [6.45, 7) is 5.48. The number of thiocarbonyl (C=S) groups is 1. The van der Waals surface area contributed by atoms with E-state index in [1.165, 1.54) is 0 Å². The Bertz CT molecular complexity index is 463. The summed E-state index contributed by atoms with van der Waals surface area (Å²) >= 11 is 7.08. The van der Waals surface area contributed by atoms with Crippen LogP contribution in [0.2, 0.25) is 0 Å². The third-order valence-corrected chi connectivity index (χ3v) is 3.75. The number of carbonyl (C=O) groups excluding carboxylic acids is 1. The second-order valence-electron chi connectivity index (χ2n) is 4.84. The zero-order valence-electron chi connectivity index (χ0n) is 11.2. The Morgan fingerprint density at radius 2 is 2.05 bits per heavy atom. The molecule has 1 aromatic carbocycles. The fourth-order valence-corrected chi connectivity index (χ4v) is 2.48. The van der Waals surface area contributed by atoms with Crippen LogP contribution >= 0.6 is 34.8 Å². The number of hydrogen-bond acceptors (Lipinski definition) is 2. The van der Waals surface area contributed by atoms with Crippen molar-refractivity contribution >= 4 is 45.7 Å². The van der Waals surface area contributed by atoms with Crippen LogP contribution in [0.15, 0.2) is 24.3 Å².